The van der Waals surface area contributed by atoms with Crippen molar-refractivity contribution in [1.29, 1.82) is 0 Å². The van der Waals surface area contributed by atoms with Crippen LogP contribution in [0.4, 0.5) is 5.69 Å². The summed E-state index contributed by atoms with van der Waals surface area (Å²) >= 11 is 0. The Balaban J connectivity index is 1.54. The number of hydrogen-bond donors (Lipinski definition) is 3. The number of sulfonamides is 1. The zero-order valence-electron chi connectivity index (χ0n) is 15.4. The van der Waals surface area contributed by atoms with Gasteiger partial charge < -0.3 is 16.2 Å². The third-order valence-corrected chi connectivity index (χ3v) is 7.84. The molecule has 1 fully saturated rings. The molecule has 2 aliphatic rings. The van der Waals surface area contributed by atoms with E-state index in [1.165, 1.54) is 34.1 Å². The summed E-state index contributed by atoms with van der Waals surface area (Å²) in [5.41, 5.74) is 9.21. The van der Waals surface area contributed by atoms with Gasteiger partial charge >= 0.3 is 5.97 Å². The van der Waals surface area contributed by atoms with Gasteiger partial charge in [-0.05, 0) is 54.3 Å². The first-order valence-electron chi connectivity index (χ1n) is 9.27. The molecule has 1 spiro atoms. The van der Waals surface area contributed by atoms with Crippen LogP contribution in [0.5, 0.6) is 0 Å². The van der Waals surface area contributed by atoms with Gasteiger partial charge in [0.2, 0.25) is 10.0 Å². The van der Waals surface area contributed by atoms with Gasteiger partial charge in [-0.1, -0.05) is 12.1 Å². The van der Waals surface area contributed by atoms with Crippen LogP contribution in [0, 0.1) is 0 Å². The van der Waals surface area contributed by atoms with Gasteiger partial charge in [0.25, 0.3) is 0 Å². The second kappa shape index (κ2) is 6.88. The fourth-order valence-electron chi connectivity index (χ4n) is 4.19. The molecule has 0 aliphatic carbocycles. The highest BCUT2D eigenvalue weighted by Gasteiger charge is 2.43. The average Bonchev–Trinajstić information content (AvgIpc) is 3.05. The van der Waals surface area contributed by atoms with Crippen LogP contribution in [0.3, 0.4) is 0 Å². The second-order valence-electron chi connectivity index (χ2n) is 7.45. The molecule has 0 atom stereocenters. The quantitative estimate of drug-likeness (QED) is 0.722. The van der Waals surface area contributed by atoms with Crippen molar-refractivity contribution in [3.63, 3.8) is 0 Å². The summed E-state index contributed by atoms with van der Waals surface area (Å²) in [6.45, 7) is 2.14. The molecule has 0 bridgehead atoms. The Kier molecular flexibility index (Phi) is 4.65. The van der Waals surface area contributed by atoms with E-state index in [9.17, 15) is 13.2 Å². The van der Waals surface area contributed by atoms with Gasteiger partial charge in [-0.25, -0.2) is 13.2 Å². The molecule has 4 rings (SSSR count). The maximum Gasteiger partial charge on any atom is 0.335 e. The number of anilines is 1. The van der Waals surface area contributed by atoms with E-state index in [0.29, 0.717) is 19.6 Å². The molecule has 0 unspecified atom stereocenters. The molecular weight excluding hydrogens is 378 g/mol. The number of nitrogens with zero attached hydrogens (tertiary/aromatic N) is 1. The molecule has 28 heavy (non-hydrogen) atoms. The SMILES string of the molecule is NCc1ccc2c(c1)C1(CCN(S(=O)(=O)c3ccc(C(=O)O)cc3)CC1)CN2. The summed E-state index contributed by atoms with van der Waals surface area (Å²) in [7, 11) is -3.64. The summed E-state index contributed by atoms with van der Waals surface area (Å²) in [6, 6.07) is 11.6. The van der Waals surface area contributed by atoms with Crippen LogP contribution in [0.2, 0.25) is 0 Å². The van der Waals surface area contributed by atoms with E-state index < -0.39 is 16.0 Å². The molecule has 2 heterocycles. The molecule has 7 nitrogen and oxygen atoms in total. The normalized spacial score (nSPS) is 18.6. The number of benzene rings is 2. The molecule has 148 valence electrons. The summed E-state index contributed by atoms with van der Waals surface area (Å²) in [4.78, 5) is 11.1. The largest absolute Gasteiger partial charge is 0.478 e. The minimum absolute atomic E-state index is 0.0697. The Bertz CT molecular complexity index is 1010. The number of rotatable bonds is 4. The smallest absolute Gasteiger partial charge is 0.335 e. The highest BCUT2D eigenvalue weighted by molar-refractivity contribution is 7.89. The van der Waals surface area contributed by atoms with Crippen molar-refractivity contribution in [2.75, 3.05) is 25.0 Å². The van der Waals surface area contributed by atoms with Gasteiger partial charge in [0.15, 0.2) is 0 Å². The number of hydrogen-bond acceptors (Lipinski definition) is 5. The Labute approximate surface area is 164 Å². The number of carbonyl (C=O) groups is 1. The number of aromatic carboxylic acids is 1. The van der Waals surface area contributed by atoms with Crippen molar-refractivity contribution in [1.82, 2.24) is 4.31 Å². The van der Waals surface area contributed by atoms with Crippen LogP contribution >= 0.6 is 0 Å². The highest BCUT2D eigenvalue weighted by atomic mass is 32.2. The molecule has 2 aromatic carbocycles. The Morgan fingerprint density at radius 2 is 1.82 bits per heavy atom. The highest BCUT2D eigenvalue weighted by Crippen LogP contribution is 2.45. The molecule has 1 saturated heterocycles. The van der Waals surface area contributed by atoms with Crippen LogP contribution in [0.15, 0.2) is 47.4 Å². The van der Waals surface area contributed by atoms with Crippen molar-refractivity contribution in [2.24, 2.45) is 5.73 Å². The van der Waals surface area contributed by atoms with Gasteiger partial charge in [0.05, 0.1) is 10.5 Å². The molecule has 0 aromatic heterocycles. The molecule has 2 aromatic rings. The summed E-state index contributed by atoms with van der Waals surface area (Å²) in [5, 5.41) is 12.4. The van der Waals surface area contributed by atoms with E-state index in [-0.39, 0.29) is 15.9 Å². The maximum atomic E-state index is 13.0. The first-order valence-corrected chi connectivity index (χ1v) is 10.7. The lowest BCUT2D eigenvalue weighted by Crippen LogP contribution is -2.46. The third-order valence-electron chi connectivity index (χ3n) is 5.93. The molecule has 0 amide bonds. The minimum Gasteiger partial charge on any atom is -0.478 e. The molecule has 0 radical (unpaired) electrons. The number of piperidine rings is 1. The van der Waals surface area contributed by atoms with Crippen LogP contribution in [-0.4, -0.2) is 43.4 Å². The molecular formula is C20H23N3O4S. The van der Waals surface area contributed by atoms with Crippen LogP contribution in [-0.2, 0) is 22.0 Å². The van der Waals surface area contributed by atoms with E-state index in [1.54, 1.807) is 0 Å². The second-order valence-corrected chi connectivity index (χ2v) is 9.39. The first kappa shape index (κ1) is 18.9. The minimum atomic E-state index is -3.64. The van der Waals surface area contributed by atoms with Crippen molar-refractivity contribution < 1.29 is 18.3 Å². The Morgan fingerprint density at radius 1 is 1.14 bits per heavy atom. The third kappa shape index (κ3) is 3.07. The Hall–Kier alpha value is -2.42. The van der Waals surface area contributed by atoms with Crippen LogP contribution in [0.1, 0.15) is 34.3 Å². The number of nitrogens with one attached hydrogen (secondary N) is 1. The van der Waals surface area contributed by atoms with E-state index in [1.807, 2.05) is 6.07 Å². The van der Waals surface area contributed by atoms with Gasteiger partial charge in [-0.3, -0.25) is 0 Å². The van der Waals surface area contributed by atoms with Crippen LogP contribution < -0.4 is 11.1 Å². The lowest BCUT2D eigenvalue weighted by molar-refractivity contribution is 0.0696. The molecule has 2 aliphatic heterocycles. The maximum absolute atomic E-state index is 13.0. The number of carboxylic acid groups (broad SMARTS) is 1. The fraction of sp³-hybridized carbons (Fsp3) is 0.350. The standard InChI is InChI=1S/C20H23N3O4S/c21-12-14-1-6-18-17(11-14)20(13-22-18)7-9-23(10-8-20)28(26,27)16-4-2-15(3-5-16)19(24)25/h1-6,11,22H,7-10,12-13,21H2,(H,24,25). The lowest BCUT2D eigenvalue weighted by Gasteiger charge is -2.38. The van der Waals surface area contributed by atoms with Crippen molar-refractivity contribution in [3.8, 4) is 0 Å². The molecule has 8 heteroatoms. The summed E-state index contributed by atoms with van der Waals surface area (Å²) in [5.74, 6) is -1.08. The van der Waals surface area contributed by atoms with Gasteiger partial charge in [-0.15, -0.1) is 0 Å². The summed E-state index contributed by atoms with van der Waals surface area (Å²) < 4.78 is 27.4. The predicted octanol–water partition coefficient (Wildman–Crippen LogP) is 1.99. The van der Waals surface area contributed by atoms with Gasteiger partial charge in [-0.2, -0.15) is 4.31 Å². The first-order chi connectivity index (χ1) is 13.4. The fourth-order valence-corrected chi connectivity index (χ4v) is 5.63. The molecule has 4 N–H and O–H groups in total. The van der Waals surface area contributed by atoms with Crippen molar-refractivity contribution in [2.45, 2.75) is 29.7 Å². The lowest BCUT2D eigenvalue weighted by atomic mass is 9.74. The van der Waals surface area contributed by atoms with Gasteiger partial charge in [0.1, 0.15) is 0 Å². The zero-order chi connectivity index (χ0) is 19.9. The number of nitrogens with two attached hydrogens (primary N) is 1. The van der Waals surface area contributed by atoms with E-state index in [0.717, 1.165) is 30.6 Å². The Morgan fingerprint density at radius 3 is 2.43 bits per heavy atom. The molecule has 0 saturated carbocycles. The zero-order valence-corrected chi connectivity index (χ0v) is 16.2. The van der Waals surface area contributed by atoms with E-state index in [2.05, 4.69) is 17.4 Å². The average molecular weight is 401 g/mol. The monoisotopic (exact) mass is 401 g/mol. The number of carboxylic acids is 1. The predicted molar refractivity (Wildman–Crippen MR) is 106 cm³/mol. The number of fused-ring (bicyclic) bond motifs is 2. The van der Waals surface area contributed by atoms with E-state index >= 15 is 0 Å². The van der Waals surface area contributed by atoms with Crippen molar-refractivity contribution >= 4 is 21.7 Å². The van der Waals surface area contributed by atoms with Crippen molar-refractivity contribution in [3.05, 3.63) is 59.2 Å². The topological polar surface area (TPSA) is 113 Å². The summed E-state index contributed by atoms with van der Waals surface area (Å²) in [6.07, 6.45) is 1.46. The van der Waals surface area contributed by atoms with Gasteiger partial charge in [0, 0.05) is 37.3 Å². The van der Waals surface area contributed by atoms with Crippen LogP contribution in [0.25, 0.3) is 0 Å². The van der Waals surface area contributed by atoms with E-state index in [4.69, 9.17) is 10.8 Å².